The maximum atomic E-state index is 6.51. The highest BCUT2D eigenvalue weighted by molar-refractivity contribution is 6.16. The Kier molecular flexibility index (Phi) is 11.2. The van der Waals surface area contributed by atoms with Gasteiger partial charge in [-0.25, -0.2) is 9.98 Å². The number of aliphatic imine (C=N–C) groups is 2. The van der Waals surface area contributed by atoms with Gasteiger partial charge in [-0.05, 0) is 118 Å². The summed E-state index contributed by atoms with van der Waals surface area (Å²) in [4.78, 5) is 10.3. The molecule has 0 saturated heterocycles. The predicted molar refractivity (Wildman–Crippen MR) is 363 cm³/mol. The number of nitrogens with one attached hydrogen (secondary N) is 1. The van der Waals surface area contributed by atoms with Crippen LogP contribution in [0.15, 0.2) is 316 Å². The van der Waals surface area contributed by atoms with Crippen LogP contribution in [0.1, 0.15) is 22.9 Å². The molecule has 1 atom stereocenters. The van der Waals surface area contributed by atoms with Crippen LogP contribution in [-0.4, -0.2) is 20.8 Å². The molecule has 0 radical (unpaired) electrons. The van der Waals surface area contributed by atoms with Crippen molar-refractivity contribution in [1.82, 2.24) is 14.5 Å². The zero-order valence-corrected chi connectivity index (χ0v) is 47.5. The summed E-state index contributed by atoms with van der Waals surface area (Å²) in [5, 5.41) is 12.9. The molecule has 7 heteroatoms. The number of fused-ring (bicyclic) bond motifs is 12. The predicted octanol–water partition coefficient (Wildman–Crippen LogP) is 20.8. The number of amidine groups is 2. The zero-order valence-electron chi connectivity index (χ0n) is 47.5. The Hall–Kier alpha value is -11.8. The van der Waals surface area contributed by atoms with Gasteiger partial charge >= 0.3 is 0 Å². The number of aromatic nitrogens is 2. The molecule has 5 heterocycles. The number of nitrogens with zero attached hydrogens (tertiary/aromatic N) is 4. The van der Waals surface area contributed by atoms with Crippen LogP contribution >= 0.6 is 0 Å². The lowest BCUT2D eigenvalue weighted by Gasteiger charge is -2.24. The molecule has 1 unspecified atom stereocenters. The summed E-state index contributed by atoms with van der Waals surface area (Å²) in [6, 6.07) is 106. The molecular weight excluding hydrogens is 1070 g/mol. The lowest BCUT2D eigenvalue weighted by Crippen LogP contribution is -2.33. The number of hydrogen-bond donors (Lipinski definition) is 1. The van der Waals surface area contributed by atoms with Gasteiger partial charge in [-0.1, -0.05) is 218 Å². The van der Waals surface area contributed by atoms with Crippen LogP contribution in [0.3, 0.4) is 0 Å². The summed E-state index contributed by atoms with van der Waals surface area (Å²) >= 11 is 0. The SMILES string of the molecule is c1ccc(C2=NC(c3ccccc3)NC(c3cccc(-n4c5ccccc5c5cc(-c6ccc7c(c6)c6cc(-c8ccc(-c9cccc%10c9oc9ccccc9%10)cc8)ccc6n7-c6ccc(-c7cccc8c7oc7ccccc78)cc6)ccc54)c3)=N2)cc1. The molecule has 7 nitrogen and oxygen atoms in total. The normalized spacial score (nSPS) is 13.6. The van der Waals surface area contributed by atoms with Crippen molar-refractivity contribution in [2.75, 3.05) is 0 Å². The Morgan fingerprint density at radius 2 is 0.739 bits per heavy atom. The largest absolute Gasteiger partial charge is 0.455 e. The van der Waals surface area contributed by atoms with Crippen LogP contribution in [0.2, 0.25) is 0 Å². The molecule has 88 heavy (non-hydrogen) atoms. The van der Waals surface area contributed by atoms with Crippen molar-refractivity contribution in [1.29, 1.82) is 0 Å². The van der Waals surface area contributed by atoms with Gasteiger partial charge in [0.1, 0.15) is 34.3 Å². The lowest BCUT2D eigenvalue weighted by atomic mass is 9.97. The molecular formula is C81H51N5O2. The van der Waals surface area contributed by atoms with E-state index in [1.54, 1.807) is 0 Å². The van der Waals surface area contributed by atoms with Gasteiger partial charge in [-0.2, -0.15) is 0 Å². The maximum Gasteiger partial charge on any atom is 0.159 e. The van der Waals surface area contributed by atoms with Crippen molar-refractivity contribution < 1.29 is 8.83 Å². The molecule has 0 spiro atoms. The number of benzene rings is 13. The molecule has 0 saturated carbocycles. The molecule has 0 fully saturated rings. The highest BCUT2D eigenvalue weighted by Crippen LogP contribution is 2.43. The first-order chi connectivity index (χ1) is 43.6. The minimum Gasteiger partial charge on any atom is -0.455 e. The number of rotatable bonds is 9. The molecule has 4 aromatic heterocycles. The Balaban J connectivity index is 0.747. The molecule has 18 rings (SSSR count). The second-order valence-electron chi connectivity index (χ2n) is 22.9. The standard InChI is InChI=1S/C81H51N5O2/c1-3-16-53(17-4-1)79-82-80(54-18-5-2-6-19-54)84-81(83-79)58-20-13-21-60(46-58)86-71-29-10-7-22-63(71)68-48-56(39-44-72(68)86)57-40-45-74-70(49-57)69-47-55(50-32-34-51(35-33-50)61-25-14-27-66-64-23-8-11-30-75(64)87-77(61)66)38-43-73(69)85(74)59-41-36-52(37-42-59)62-26-15-28-67-65-24-9-12-31-76(65)88-78(62)67/h1-49,79H,(H,82,83,84). The quantitative estimate of drug-likeness (QED) is 0.157. The minimum absolute atomic E-state index is 0.297. The summed E-state index contributed by atoms with van der Waals surface area (Å²) in [6.07, 6.45) is -0.297. The molecule has 0 amide bonds. The first-order valence-corrected chi connectivity index (χ1v) is 29.9. The van der Waals surface area contributed by atoms with Crippen LogP contribution in [0.4, 0.5) is 0 Å². The van der Waals surface area contributed by atoms with Crippen molar-refractivity contribution in [2.24, 2.45) is 9.98 Å². The van der Waals surface area contributed by atoms with Gasteiger partial charge < -0.3 is 23.3 Å². The van der Waals surface area contributed by atoms with Gasteiger partial charge in [0.25, 0.3) is 0 Å². The second-order valence-corrected chi connectivity index (χ2v) is 22.9. The number of hydrogen-bond acceptors (Lipinski definition) is 5. The smallest absolute Gasteiger partial charge is 0.159 e. The van der Waals surface area contributed by atoms with Gasteiger partial charge in [-0.15, -0.1) is 0 Å². The van der Waals surface area contributed by atoms with Crippen LogP contribution in [-0.2, 0) is 0 Å². The molecule has 1 N–H and O–H groups in total. The molecule has 13 aromatic carbocycles. The van der Waals surface area contributed by atoms with Crippen molar-refractivity contribution in [3.63, 3.8) is 0 Å². The Bertz CT molecular complexity index is 5710. The monoisotopic (exact) mass is 1130 g/mol. The Morgan fingerprint density at radius 3 is 1.35 bits per heavy atom. The fraction of sp³-hybridized carbons (Fsp3) is 0.0123. The van der Waals surface area contributed by atoms with Crippen molar-refractivity contribution in [3.8, 4) is 55.9 Å². The number of furan rings is 2. The fourth-order valence-corrected chi connectivity index (χ4v) is 13.6. The zero-order chi connectivity index (χ0) is 57.8. The van der Waals surface area contributed by atoms with Gasteiger partial charge in [0.2, 0.25) is 0 Å². The highest BCUT2D eigenvalue weighted by Gasteiger charge is 2.24. The molecule has 0 aliphatic carbocycles. The molecule has 1 aliphatic rings. The molecule has 0 bridgehead atoms. The first-order valence-electron chi connectivity index (χ1n) is 29.9. The minimum atomic E-state index is -0.297. The number of para-hydroxylation sites is 5. The third kappa shape index (κ3) is 8.05. The lowest BCUT2D eigenvalue weighted by molar-refractivity contribution is 0.669. The third-order valence-electron chi connectivity index (χ3n) is 17.8. The van der Waals surface area contributed by atoms with Crippen molar-refractivity contribution in [2.45, 2.75) is 6.17 Å². The second kappa shape index (κ2) is 19.9. The fourth-order valence-electron chi connectivity index (χ4n) is 13.6. The summed E-state index contributed by atoms with van der Waals surface area (Å²) in [6.45, 7) is 0. The van der Waals surface area contributed by atoms with E-state index in [2.05, 4.69) is 263 Å². The van der Waals surface area contributed by atoms with Gasteiger partial charge in [0.05, 0.1) is 22.1 Å². The van der Waals surface area contributed by atoms with Crippen LogP contribution < -0.4 is 5.32 Å². The third-order valence-corrected chi connectivity index (χ3v) is 17.8. The van der Waals surface area contributed by atoms with Gasteiger partial charge in [0, 0.05) is 76.7 Å². The van der Waals surface area contributed by atoms with Crippen LogP contribution in [0.25, 0.3) is 143 Å². The van der Waals surface area contributed by atoms with E-state index >= 15 is 0 Å². The Labute approximate surface area is 505 Å². The van der Waals surface area contributed by atoms with E-state index in [4.69, 9.17) is 18.8 Å². The maximum absolute atomic E-state index is 6.51. The van der Waals surface area contributed by atoms with E-state index in [1.165, 1.54) is 21.5 Å². The van der Waals surface area contributed by atoms with E-state index in [0.29, 0.717) is 5.84 Å². The molecule has 17 aromatic rings. The summed E-state index contributed by atoms with van der Waals surface area (Å²) < 4.78 is 17.8. The van der Waals surface area contributed by atoms with Gasteiger partial charge in [-0.3, -0.25) is 0 Å². The highest BCUT2D eigenvalue weighted by atomic mass is 16.3. The van der Waals surface area contributed by atoms with Crippen LogP contribution in [0, 0.1) is 0 Å². The van der Waals surface area contributed by atoms with E-state index in [-0.39, 0.29) is 6.17 Å². The van der Waals surface area contributed by atoms with E-state index in [1.807, 2.05) is 48.5 Å². The van der Waals surface area contributed by atoms with Gasteiger partial charge in [0.15, 0.2) is 5.84 Å². The average molecular weight is 1130 g/mol. The summed E-state index contributed by atoms with van der Waals surface area (Å²) in [5.74, 6) is 1.47. The van der Waals surface area contributed by atoms with Crippen molar-refractivity contribution in [3.05, 3.63) is 314 Å². The molecule has 1 aliphatic heterocycles. The summed E-state index contributed by atoms with van der Waals surface area (Å²) in [5.41, 5.74) is 22.2. The van der Waals surface area contributed by atoms with E-state index < -0.39 is 0 Å². The first kappa shape index (κ1) is 49.6. The topological polar surface area (TPSA) is 72.9 Å². The molecule has 412 valence electrons. The Morgan fingerprint density at radius 1 is 0.295 bits per heavy atom. The van der Waals surface area contributed by atoms with E-state index in [0.717, 1.165) is 144 Å². The van der Waals surface area contributed by atoms with Crippen molar-refractivity contribution >= 4 is 99.2 Å². The van der Waals surface area contributed by atoms with Crippen LogP contribution in [0.5, 0.6) is 0 Å². The van der Waals surface area contributed by atoms with E-state index in [9.17, 15) is 0 Å². The summed E-state index contributed by atoms with van der Waals surface area (Å²) in [7, 11) is 0. The average Bonchev–Trinajstić information content (AvgIpc) is 2.09.